The molecule has 1 unspecified atom stereocenters. The number of nitrogens with one attached hydrogen (secondary N) is 1. The molecule has 31 heavy (non-hydrogen) atoms. The summed E-state index contributed by atoms with van der Waals surface area (Å²) in [7, 11) is 0. The smallest absolute Gasteiger partial charge is 0.335 e. The molecule has 1 amide bonds. The minimum Gasteiger partial charge on any atom is -0.483 e. The zero-order chi connectivity index (χ0) is 22.8. The highest BCUT2D eigenvalue weighted by molar-refractivity contribution is 6.32. The summed E-state index contributed by atoms with van der Waals surface area (Å²) in [6.07, 6.45) is -0.735. The first-order chi connectivity index (χ1) is 14.6. The number of alkyl halides is 2. The highest BCUT2D eigenvalue weighted by Gasteiger charge is 2.33. The quantitative estimate of drug-likeness (QED) is 0.653. The minimum absolute atomic E-state index is 0.0724. The number of rotatable bonds is 7. The predicted molar refractivity (Wildman–Crippen MR) is 107 cm³/mol. The van der Waals surface area contributed by atoms with E-state index in [1.165, 1.54) is 30.3 Å². The van der Waals surface area contributed by atoms with E-state index in [0.29, 0.717) is 11.3 Å². The van der Waals surface area contributed by atoms with E-state index < -0.39 is 36.5 Å². The highest BCUT2D eigenvalue weighted by atomic mass is 35.5. The Balaban J connectivity index is 1.76. The van der Waals surface area contributed by atoms with Gasteiger partial charge in [-0.1, -0.05) is 36.7 Å². The van der Waals surface area contributed by atoms with Gasteiger partial charge in [-0.15, -0.1) is 0 Å². The van der Waals surface area contributed by atoms with Crippen LogP contribution in [0, 0.1) is 11.7 Å². The van der Waals surface area contributed by atoms with Crippen LogP contribution in [0.2, 0.25) is 5.02 Å². The molecule has 2 aromatic rings. The van der Waals surface area contributed by atoms with Crippen LogP contribution in [0.4, 0.5) is 13.2 Å². The summed E-state index contributed by atoms with van der Waals surface area (Å²) in [6.45, 7) is 0.535. The topological polar surface area (TPSA) is 88.0 Å². The number of hydrogen-bond donors (Lipinski definition) is 2. The second-order valence-electron chi connectivity index (χ2n) is 7.19. The van der Waals surface area contributed by atoms with Gasteiger partial charge in [-0.25, -0.2) is 23.4 Å². The number of hydrazone groups is 1. The van der Waals surface area contributed by atoms with Crippen LogP contribution in [-0.4, -0.2) is 35.2 Å². The average molecular weight is 455 g/mol. The Morgan fingerprint density at radius 1 is 1.35 bits per heavy atom. The van der Waals surface area contributed by atoms with Crippen LogP contribution in [0.5, 0.6) is 5.75 Å². The van der Waals surface area contributed by atoms with Crippen molar-refractivity contribution in [2.45, 2.75) is 25.7 Å². The molecule has 6 nitrogen and oxygen atoms in total. The molecule has 0 saturated carbocycles. The van der Waals surface area contributed by atoms with Gasteiger partial charge in [0.15, 0.2) is 18.2 Å². The van der Waals surface area contributed by atoms with Gasteiger partial charge >= 0.3 is 5.97 Å². The van der Waals surface area contributed by atoms with E-state index >= 15 is 0 Å². The molecule has 0 fully saturated rings. The minimum atomic E-state index is -3.48. The number of carboxylic acid groups (broad SMARTS) is 1. The number of amides is 1. The predicted octanol–water partition coefficient (Wildman–Crippen LogP) is 4.29. The summed E-state index contributed by atoms with van der Waals surface area (Å²) in [5.41, 5.74) is 2.69. The van der Waals surface area contributed by atoms with Crippen molar-refractivity contribution in [2.75, 3.05) is 6.61 Å². The van der Waals surface area contributed by atoms with Crippen LogP contribution < -0.4 is 10.2 Å². The fourth-order valence-electron chi connectivity index (χ4n) is 3.24. The summed E-state index contributed by atoms with van der Waals surface area (Å²) in [6, 6.07) is 7.76. The Morgan fingerprint density at radius 3 is 2.71 bits per heavy atom. The number of benzene rings is 2. The molecule has 10 heteroatoms. The van der Waals surface area contributed by atoms with Gasteiger partial charge in [-0.05, 0) is 23.8 Å². The van der Waals surface area contributed by atoms with Crippen molar-refractivity contribution in [1.29, 1.82) is 0 Å². The molecule has 0 aliphatic carbocycles. The number of ether oxygens (including phenoxy) is 1. The van der Waals surface area contributed by atoms with Gasteiger partial charge in [0, 0.05) is 24.3 Å². The first-order valence-corrected chi connectivity index (χ1v) is 9.63. The molecular formula is C21H18ClF3N2O4. The fourth-order valence-corrected chi connectivity index (χ4v) is 3.50. The number of carbonyl (C=O) groups excluding carboxylic acids is 1. The largest absolute Gasteiger partial charge is 0.483 e. The number of hydrogen-bond acceptors (Lipinski definition) is 4. The van der Waals surface area contributed by atoms with Crippen molar-refractivity contribution in [3.05, 3.63) is 63.9 Å². The lowest BCUT2D eigenvalue weighted by Crippen LogP contribution is -2.32. The summed E-state index contributed by atoms with van der Waals surface area (Å²) in [5, 5.41) is 12.8. The van der Waals surface area contributed by atoms with Gasteiger partial charge < -0.3 is 9.84 Å². The van der Waals surface area contributed by atoms with Crippen LogP contribution >= 0.6 is 11.6 Å². The lowest BCUT2D eigenvalue weighted by Gasteiger charge is -2.21. The molecule has 1 atom stereocenters. The number of halogens is 4. The van der Waals surface area contributed by atoms with Crippen molar-refractivity contribution in [3.63, 3.8) is 0 Å². The number of nitrogens with zero attached hydrogens (tertiary/aromatic N) is 1. The van der Waals surface area contributed by atoms with E-state index in [1.54, 1.807) is 6.92 Å². The third-order valence-corrected chi connectivity index (χ3v) is 4.96. The van der Waals surface area contributed by atoms with E-state index in [9.17, 15) is 22.8 Å². The van der Waals surface area contributed by atoms with Gasteiger partial charge in [-0.2, -0.15) is 5.10 Å². The van der Waals surface area contributed by atoms with Gasteiger partial charge in [0.05, 0.1) is 16.3 Å². The molecular weight excluding hydrogens is 437 g/mol. The third-order valence-electron chi connectivity index (χ3n) is 4.68. The van der Waals surface area contributed by atoms with Crippen molar-refractivity contribution >= 4 is 29.2 Å². The van der Waals surface area contributed by atoms with Crippen LogP contribution in [0.3, 0.4) is 0 Å². The molecule has 0 saturated heterocycles. The van der Waals surface area contributed by atoms with Crippen LogP contribution in [0.25, 0.3) is 0 Å². The fraction of sp³-hybridized carbons (Fsp3) is 0.286. The second-order valence-corrected chi connectivity index (χ2v) is 7.60. The zero-order valence-electron chi connectivity index (χ0n) is 16.3. The average Bonchev–Trinajstić information content (AvgIpc) is 2.67. The van der Waals surface area contributed by atoms with Gasteiger partial charge in [0.25, 0.3) is 5.92 Å². The van der Waals surface area contributed by atoms with Crippen molar-refractivity contribution in [3.8, 4) is 5.75 Å². The Labute approximate surface area is 180 Å². The van der Waals surface area contributed by atoms with Gasteiger partial charge in [0.2, 0.25) is 5.91 Å². The molecule has 1 aliphatic heterocycles. The Bertz CT molecular complexity index is 1040. The molecule has 1 heterocycles. The summed E-state index contributed by atoms with van der Waals surface area (Å²) < 4.78 is 48.4. The Kier molecular flexibility index (Phi) is 6.54. The number of aromatic carboxylic acids is 1. The lowest BCUT2D eigenvalue weighted by atomic mass is 9.94. The SMILES string of the molecule is CC1CC(=O)NN=C1c1cc(F)c(OCC(F)(F)Cc2ccccc2C(=O)O)c(Cl)c1. The lowest BCUT2D eigenvalue weighted by molar-refractivity contribution is -0.121. The van der Waals surface area contributed by atoms with Crippen molar-refractivity contribution in [1.82, 2.24) is 5.43 Å². The Morgan fingerprint density at radius 2 is 2.06 bits per heavy atom. The number of carboxylic acids is 1. The zero-order valence-corrected chi connectivity index (χ0v) is 17.0. The number of carbonyl (C=O) groups is 2. The second kappa shape index (κ2) is 8.97. The van der Waals surface area contributed by atoms with E-state index in [0.717, 1.165) is 6.07 Å². The van der Waals surface area contributed by atoms with E-state index in [2.05, 4.69) is 10.5 Å². The van der Waals surface area contributed by atoms with Crippen LogP contribution in [0.1, 0.15) is 34.8 Å². The third kappa shape index (κ3) is 5.35. The summed E-state index contributed by atoms with van der Waals surface area (Å²) >= 11 is 6.06. The standard InChI is InChI=1S/C21H18ClF3N2O4/c1-11-6-17(28)26-27-18(11)13-7-15(22)19(16(23)8-13)31-10-21(24,25)9-12-4-2-3-5-14(12)20(29)30/h2-5,7-8,11H,6,9-10H2,1H3,(H,26,28)(H,29,30). The molecule has 0 bridgehead atoms. The van der Waals surface area contributed by atoms with Crippen molar-refractivity contribution < 1.29 is 32.6 Å². The molecule has 0 radical (unpaired) electrons. The maximum absolute atomic E-state index is 14.6. The molecule has 0 aromatic heterocycles. The van der Waals surface area contributed by atoms with Crippen LogP contribution in [0.15, 0.2) is 41.5 Å². The molecule has 3 rings (SSSR count). The molecule has 164 valence electrons. The van der Waals surface area contributed by atoms with Gasteiger partial charge in [-0.3, -0.25) is 4.79 Å². The summed E-state index contributed by atoms with van der Waals surface area (Å²) in [5.74, 6) is -6.87. The monoisotopic (exact) mass is 454 g/mol. The van der Waals surface area contributed by atoms with Gasteiger partial charge in [0.1, 0.15) is 0 Å². The first-order valence-electron chi connectivity index (χ1n) is 9.25. The molecule has 0 spiro atoms. The molecule has 2 N–H and O–H groups in total. The van der Waals surface area contributed by atoms with E-state index in [1.807, 2.05) is 0 Å². The summed E-state index contributed by atoms with van der Waals surface area (Å²) in [4.78, 5) is 22.6. The Hall–Kier alpha value is -3.07. The van der Waals surface area contributed by atoms with Crippen LogP contribution in [-0.2, 0) is 11.2 Å². The van der Waals surface area contributed by atoms with E-state index in [-0.39, 0.29) is 34.4 Å². The maximum Gasteiger partial charge on any atom is 0.335 e. The highest BCUT2D eigenvalue weighted by Crippen LogP contribution is 2.33. The first kappa shape index (κ1) is 22.6. The molecule has 1 aliphatic rings. The van der Waals surface area contributed by atoms with Crippen molar-refractivity contribution in [2.24, 2.45) is 11.0 Å². The molecule has 2 aromatic carbocycles. The normalized spacial score (nSPS) is 16.5. The maximum atomic E-state index is 14.6. The van der Waals surface area contributed by atoms with E-state index in [4.69, 9.17) is 21.4 Å².